The molecule has 0 bridgehead atoms. The minimum atomic E-state index is -0.159. The normalized spacial score (nSPS) is 24.6. The lowest BCUT2D eigenvalue weighted by molar-refractivity contribution is 0.192. The van der Waals surface area contributed by atoms with Crippen molar-refractivity contribution >= 4 is 0 Å². The van der Waals surface area contributed by atoms with Gasteiger partial charge in [-0.15, -0.1) is 0 Å². The summed E-state index contributed by atoms with van der Waals surface area (Å²) in [4.78, 5) is 4.38. The van der Waals surface area contributed by atoms with Gasteiger partial charge in [-0.1, -0.05) is 25.4 Å². The van der Waals surface area contributed by atoms with Gasteiger partial charge in [0.05, 0.1) is 12.6 Å². The molecule has 1 saturated heterocycles. The van der Waals surface area contributed by atoms with Crippen LogP contribution in [0.2, 0.25) is 0 Å². The molecule has 0 saturated carbocycles. The lowest BCUT2D eigenvalue weighted by atomic mass is 10.0. The van der Waals surface area contributed by atoms with Crippen LogP contribution < -0.4 is 5.73 Å². The number of nitrogens with two attached hydrogens (primary N) is 1. The number of hydrogen-bond donors (Lipinski definition) is 1. The highest BCUT2D eigenvalue weighted by molar-refractivity contribution is 5.00. The molecule has 1 aromatic rings. The quantitative estimate of drug-likeness (QED) is 0.842. The molecule has 1 fully saturated rings. The lowest BCUT2D eigenvalue weighted by Gasteiger charge is -2.13. The largest absolute Gasteiger partial charge is 0.381 e. The molecule has 90 valence electrons. The summed E-state index contributed by atoms with van der Waals surface area (Å²) in [5.41, 5.74) is 6.03. The lowest BCUT2D eigenvalue weighted by Crippen LogP contribution is -2.19. The molecule has 16 heavy (non-hydrogen) atoms. The van der Waals surface area contributed by atoms with E-state index in [4.69, 9.17) is 15.0 Å². The molecule has 1 aliphatic heterocycles. The van der Waals surface area contributed by atoms with Crippen LogP contribution in [-0.4, -0.2) is 23.4 Å². The third-order valence-corrected chi connectivity index (χ3v) is 3.29. The Morgan fingerprint density at radius 1 is 1.56 bits per heavy atom. The molecule has 0 aliphatic carbocycles. The Balaban J connectivity index is 2.06. The maximum Gasteiger partial charge on any atom is 0.243 e. The zero-order chi connectivity index (χ0) is 11.5. The highest BCUT2D eigenvalue weighted by atomic mass is 16.5. The fourth-order valence-corrected chi connectivity index (χ4v) is 1.78. The Labute approximate surface area is 95.3 Å². The van der Waals surface area contributed by atoms with Crippen LogP contribution >= 0.6 is 0 Å². The van der Waals surface area contributed by atoms with Gasteiger partial charge in [0, 0.05) is 12.5 Å². The first-order valence-electron chi connectivity index (χ1n) is 5.89. The van der Waals surface area contributed by atoms with Crippen LogP contribution in [0.1, 0.15) is 50.4 Å². The molecule has 0 amide bonds. The molecule has 2 rings (SSSR count). The second-order valence-corrected chi connectivity index (χ2v) is 4.46. The summed E-state index contributed by atoms with van der Waals surface area (Å²) in [5.74, 6) is 1.93. The highest BCUT2D eigenvalue weighted by Gasteiger charge is 2.26. The summed E-state index contributed by atoms with van der Waals surface area (Å²) < 4.78 is 10.5. The van der Waals surface area contributed by atoms with E-state index in [9.17, 15) is 0 Å². The second kappa shape index (κ2) is 4.93. The topological polar surface area (TPSA) is 74.2 Å². The summed E-state index contributed by atoms with van der Waals surface area (Å²) >= 11 is 0. The Kier molecular flexibility index (Phi) is 3.56. The van der Waals surface area contributed by atoms with Gasteiger partial charge in [0.2, 0.25) is 5.89 Å². The summed E-state index contributed by atoms with van der Waals surface area (Å²) in [6.07, 6.45) is 1.98. The van der Waals surface area contributed by atoms with Crippen molar-refractivity contribution in [3.8, 4) is 0 Å². The maximum atomic E-state index is 6.03. The van der Waals surface area contributed by atoms with E-state index in [0.29, 0.717) is 18.4 Å². The summed E-state index contributed by atoms with van der Waals surface area (Å²) in [5, 5.41) is 3.99. The molecule has 1 unspecified atom stereocenters. The van der Waals surface area contributed by atoms with E-state index in [2.05, 4.69) is 24.0 Å². The Bertz CT molecular complexity index is 334. The number of hydrogen-bond acceptors (Lipinski definition) is 5. The van der Waals surface area contributed by atoms with Crippen molar-refractivity contribution < 1.29 is 9.26 Å². The maximum absolute atomic E-state index is 6.03. The molecule has 0 radical (unpaired) electrons. The molecule has 5 nitrogen and oxygen atoms in total. The molecule has 1 aliphatic rings. The van der Waals surface area contributed by atoms with Gasteiger partial charge in [-0.25, -0.2) is 0 Å². The zero-order valence-electron chi connectivity index (χ0n) is 9.85. The van der Waals surface area contributed by atoms with Gasteiger partial charge < -0.3 is 15.0 Å². The number of rotatable bonds is 4. The van der Waals surface area contributed by atoms with Crippen molar-refractivity contribution in [3.63, 3.8) is 0 Å². The van der Waals surface area contributed by atoms with E-state index in [1.807, 2.05) is 0 Å². The first-order valence-corrected chi connectivity index (χ1v) is 5.89. The van der Waals surface area contributed by atoms with Crippen molar-refractivity contribution in [2.75, 3.05) is 13.2 Å². The molecular formula is C11H19N3O2. The zero-order valence-corrected chi connectivity index (χ0v) is 9.85. The van der Waals surface area contributed by atoms with Gasteiger partial charge in [0.1, 0.15) is 0 Å². The fourth-order valence-electron chi connectivity index (χ4n) is 1.78. The van der Waals surface area contributed by atoms with Crippen LogP contribution in [0, 0.1) is 5.92 Å². The SMILES string of the molecule is CC[C@H](C)[C@H](N)c1nc(C2CCOC2)no1. The molecule has 2 heterocycles. The fraction of sp³-hybridized carbons (Fsp3) is 0.818. The van der Waals surface area contributed by atoms with Gasteiger partial charge in [0.25, 0.3) is 0 Å². The standard InChI is InChI=1S/C11H19N3O2/c1-3-7(2)9(12)11-13-10(14-16-11)8-4-5-15-6-8/h7-9H,3-6,12H2,1-2H3/t7-,8?,9-/m0/s1. The summed E-state index contributed by atoms with van der Waals surface area (Å²) in [6.45, 7) is 5.67. The van der Waals surface area contributed by atoms with Gasteiger partial charge in [-0.3, -0.25) is 0 Å². The minimum absolute atomic E-state index is 0.159. The van der Waals surface area contributed by atoms with Crippen LogP contribution in [0.25, 0.3) is 0 Å². The van der Waals surface area contributed by atoms with Crippen LogP contribution in [-0.2, 0) is 4.74 Å². The summed E-state index contributed by atoms with van der Waals surface area (Å²) in [7, 11) is 0. The highest BCUT2D eigenvalue weighted by Crippen LogP contribution is 2.25. The smallest absolute Gasteiger partial charge is 0.243 e. The first-order chi connectivity index (χ1) is 7.72. The van der Waals surface area contributed by atoms with Crippen LogP contribution in [0.15, 0.2) is 4.52 Å². The van der Waals surface area contributed by atoms with E-state index in [-0.39, 0.29) is 12.0 Å². The summed E-state index contributed by atoms with van der Waals surface area (Å²) in [6, 6.07) is -0.159. The van der Waals surface area contributed by atoms with Crippen molar-refractivity contribution in [2.45, 2.75) is 38.6 Å². The van der Waals surface area contributed by atoms with Gasteiger partial charge >= 0.3 is 0 Å². The van der Waals surface area contributed by atoms with Crippen LogP contribution in [0.5, 0.6) is 0 Å². The molecule has 2 N–H and O–H groups in total. The van der Waals surface area contributed by atoms with Gasteiger partial charge in [-0.05, 0) is 12.3 Å². The van der Waals surface area contributed by atoms with E-state index in [1.54, 1.807) is 0 Å². The van der Waals surface area contributed by atoms with E-state index in [0.717, 1.165) is 25.3 Å². The average Bonchev–Trinajstić information content (AvgIpc) is 2.96. The van der Waals surface area contributed by atoms with E-state index in [1.165, 1.54) is 0 Å². The van der Waals surface area contributed by atoms with E-state index < -0.39 is 0 Å². The monoisotopic (exact) mass is 225 g/mol. The molecular weight excluding hydrogens is 206 g/mol. The van der Waals surface area contributed by atoms with Gasteiger partial charge in [-0.2, -0.15) is 4.98 Å². The van der Waals surface area contributed by atoms with Crippen molar-refractivity contribution in [3.05, 3.63) is 11.7 Å². The Hall–Kier alpha value is -0.940. The molecule has 0 spiro atoms. The van der Waals surface area contributed by atoms with E-state index >= 15 is 0 Å². The number of ether oxygens (including phenoxy) is 1. The van der Waals surface area contributed by atoms with Crippen LogP contribution in [0.3, 0.4) is 0 Å². The third-order valence-electron chi connectivity index (χ3n) is 3.29. The third kappa shape index (κ3) is 2.25. The second-order valence-electron chi connectivity index (χ2n) is 4.46. The molecule has 0 aromatic carbocycles. The Morgan fingerprint density at radius 2 is 2.38 bits per heavy atom. The van der Waals surface area contributed by atoms with Crippen molar-refractivity contribution in [1.29, 1.82) is 0 Å². The molecule has 1 aromatic heterocycles. The number of nitrogens with zero attached hydrogens (tertiary/aromatic N) is 2. The van der Waals surface area contributed by atoms with Crippen molar-refractivity contribution in [1.82, 2.24) is 10.1 Å². The van der Waals surface area contributed by atoms with Gasteiger partial charge in [0.15, 0.2) is 5.82 Å². The minimum Gasteiger partial charge on any atom is -0.381 e. The molecule has 5 heteroatoms. The predicted octanol–water partition coefficient (Wildman–Crippen LogP) is 1.62. The Morgan fingerprint density at radius 3 is 3.00 bits per heavy atom. The van der Waals surface area contributed by atoms with Crippen LogP contribution in [0.4, 0.5) is 0 Å². The van der Waals surface area contributed by atoms with Crippen molar-refractivity contribution in [2.24, 2.45) is 11.7 Å². The first kappa shape index (κ1) is 11.5. The average molecular weight is 225 g/mol. The number of aromatic nitrogens is 2. The predicted molar refractivity (Wildman–Crippen MR) is 58.9 cm³/mol. The molecule has 3 atom stereocenters.